The molecule has 3 heteroatoms. The lowest BCUT2D eigenvalue weighted by molar-refractivity contribution is -0.135. The first-order valence-corrected chi connectivity index (χ1v) is 7.80. The molecule has 0 radical (unpaired) electrons. The van der Waals surface area contributed by atoms with Gasteiger partial charge in [0.15, 0.2) is 0 Å². The highest BCUT2D eigenvalue weighted by Gasteiger charge is 2.28. The average molecular weight is 252 g/mol. The molecule has 0 aromatic carbocycles. The van der Waals surface area contributed by atoms with Crippen LogP contribution < -0.4 is 5.32 Å². The molecule has 1 atom stereocenters. The fourth-order valence-electron chi connectivity index (χ4n) is 3.37. The van der Waals surface area contributed by atoms with Gasteiger partial charge >= 0.3 is 0 Å². The molecule has 0 aromatic heterocycles. The van der Waals surface area contributed by atoms with Crippen molar-refractivity contribution in [2.24, 2.45) is 11.8 Å². The molecule has 1 amide bonds. The number of nitrogens with one attached hydrogen (secondary N) is 1. The van der Waals surface area contributed by atoms with Gasteiger partial charge in [0.05, 0.1) is 5.92 Å². The van der Waals surface area contributed by atoms with Crippen molar-refractivity contribution in [3.63, 3.8) is 0 Å². The lowest BCUT2D eigenvalue weighted by atomic mass is 9.88. The summed E-state index contributed by atoms with van der Waals surface area (Å²) in [6, 6.07) is 0. The number of hydrogen-bond acceptors (Lipinski definition) is 2. The van der Waals surface area contributed by atoms with Gasteiger partial charge in [0.25, 0.3) is 0 Å². The predicted molar refractivity (Wildman–Crippen MR) is 74.4 cm³/mol. The molecule has 0 aromatic rings. The zero-order valence-corrected chi connectivity index (χ0v) is 11.8. The Kier molecular flexibility index (Phi) is 5.48. The number of amides is 1. The fourth-order valence-corrected chi connectivity index (χ4v) is 3.37. The van der Waals surface area contributed by atoms with E-state index in [4.69, 9.17) is 0 Å². The van der Waals surface area contributed by atoms with Gasteiger partial charge < -0.3 is 10.2 Å². The minimum absolute atomic E-state index is 0.250. The molecular formula is C15H28N2O. The fraction of sp³-hybridized carbons (Fsp3) is 0.933. The Balaban J connectivity index is 1.87. The molecule has 1 aliphatic heterocycles. The topological polar surface area (TPSA) is 32.3 Å². The van der Waals surface area contributed by atoms with Gasteiger partial charge in [0.2, 0.25) is 5.91 Å². The maximum absolute atomic E-state index is 12.5. The number of nitrogens with zero attached hydrogens (tertiary/aromatic N) is 1. The Morgan fingerprint density at radius 1 is 1.22 bits per heavy atom. The van der Waals surface area contributed by atoms with E-state index in [0.29, 0.717) is 5.91 Å². The van der Waals surface area contributed by atoms with Crippen molar-refractivity contribution >= 4 is 5.91 Å². The minimum atomic E-state index is 0.250. The van der Waals surface area contributed by atoms with Crippen molar-refractivity contribution in [2.75, 3.05) is 26.2 Å². The largest absolute Gasteiger partial charge is 0.342 e. The first-order valence-electron chi connectivity index (χ1n) is 7.80. The molecule has 0 spiro atoms. The van der Waals surface area contributed by atoms with Crippen LogP contribution in [0.25, 0.3) is 0 Å². The number of hydrogen-bond donors (Lipinski definition) is 1. The molecule has 1 heterocycles. The highest BCUT2D eigenvalue weighted by molar-refractivity contribution is 5.79. The van der Waals surface area contributed by atoms with E-state index in [1.54, 1.807) is 0 Å². The summed E-state index contributed by atoms with van der Waals surface area (Å²) < 4.78 is 0. The van der Waals surface area contributed by atoms with Gasteiger partial charge in [-0.15, -0.1) is 0 Å². The molecule has 1 saturated heterocycles. The molecule has 1 unspecified atom stereocenters. The average Bonchev–Trinajstić information content (AvgIpc) is 2.92. The van der Waals surface area contributed by atoms with Gasteiger partial charge in [-0.2, -0.15) is 0 Å². The number of rotatable bonds is 5. The van der Waals surface area contributed by atoms with E-state index in [-0.39, 0.29) is 5.92 Å². The van der Waals surface area contributed by atoms with Crippen LogP contribution in [0.1, 0.15) is 51.9 Å². The van der Waals surface area contributed by atoms with Crippen molar-refractivity contribution in [3.8, 4) is 0 Å². The Bertz CT molecular complexity index is 255. The predicted octanol–water partition coefficient (Wildman–Crippen LogP) is 2.41. The molecule has 2 rings (SSSR count). The van der Waals surface area contributed by atoms with Crippen LogP contribution in [0.15, 0.2) is 0 Å². The summed E-state index contributed by atoms with van der Waals surface area (Å²) in [5.41, 5.74) is 0. The number of carbonyl (C=O) groups excluding carboxylic acids is 1. The van der Waals surface area contributed by atoms with Crippen LogP contribution in [0.4, 0.5) is 0 Å². The smallest absolute Gasteiger partial charge is 0.227 e. The van der Waals surface area contributed by atoms with E-state index < -0.39 is 0 Å². The third-order valence-corrected chi connectivity index (χ3v) is 4.42. The Hall–Kier alpha value is -0.570. The van der Waals surface area contributed by atoms with Gasteiger partial charge in [0.1, 0.15) is 0 Å². The third-order valence-electron chi connectivity index (χ3n) is 4.42. The third kappa shape index (κ3) is 3.71. The first-order chi connectivity index (χ1) is 8.81. The lowest BCUT2D eigenvalue weighted by Crippen LogP contribution is -2.41. The van der Waals surface area contributed by atoms with Crippen molar-refractivity contribution in [1.82, 2.24) is 10.2 Å². The minimum Gasteiger partial charge on any atom is -0.342 e. The second-order valence-corrected chi connectivity index (χ2v) is 5.98. The van der Waals surface area contributed by atoms with Crippen molar-refractivity contribution in [2.45, 2.75) is 51.9 Å². The van der Waals surface area contributed by atoms with E-state index >= 15 is 0 Å². The second-order valence-electron chi connectivity index (χ2n) is 5.98. The molecular weight excluding hydrogens is 224 g/mol. The molecule has 1 saturated carbocycles. The van der Waals surface area contributed by atoms with E-state index in [0.717, 1.165) is 44.9 Å². The van der Waals surface area contributed by atoms with Crippen LogP contribution in [0.3, 0.4) is 0 Å². The SMILES string of the molecule is CCCN(CC1CCCCC1)C(=O)C1CCNC1. The highest BCUT2D eigenvalue weighted by atomic mass is 16.2. The van der Waals surface area contributed by atoms with E-state index in [9.17, 15) is 4.79 Å². The standard InChI is InChI=1S/C15H28N2O/c1-2-10-17(12-13-6-4-3-5-7-13)15(18)14-8-9-16-11-14/h13-14,16H,2-12H2,1H3. The quantitative estimate of drug-likeness (QED) is 0.815. The van der Waals surface area contributed by atoms with Crippen LogP contribution in [0.5, 0.6) is 0 Å². The van der Waals surface area contributed by atoms with Gasteiger partial charge in [0, 0.05) is 19.6 Å². The van der Waals surface area contributed by atoms with Gasteiger partial charge in [-0.1, -0.05) is 26.2 Å². The van der Waals surface area contributed by atoms with Crippen LogP contribution in [0, 0.1) is 11.8 Å². The first kappa shape index (κ1) is 13.9. The van der Waals surface area contributed by atoms with Crippen molar-refractivity contribution in [1.29, 1.82) is 0 Å². The Morgan fingerprint density at radius 2 is 2.00 bits per heavy atom. The van der Waals surface area contributed by atoms with E-state index in [1.807, 2.05) is 0 Å². The van der Waals surface area contributed by atoms with E-state index in [1.165, 1.54) is 32.1 Å². The molecule has 2 fully saturated rings. The molecule has 104 valence electrons. The molecule has 1 N–H and O–H groups in total. The summed E-state index contributed by atoms with van der Waals surface area (Å²) in [6.07, 6.45) is 8.90. The monoisotopic (exact) mass is 252 g/mol. The summed E-state index contributed by atoms with van der Waals surface area (Å²) in [5, 5.41) is 3.31. The normalized spacial score (nSPS) is 25.3. The van der Waals surface area contributed by atoms with Gasteiger partial charge in [-0.05, 0) is 38.1 Å². The number of carbonyl (C=O) groups is 1. The van der Waals surface area contributed by atoms with Crippen LogP contribution in [0.2, 0.25) is 0 Å². The van der Waals surface area contributed by atoms with E-state index in [2.05, 4.69) is 17.1 Å². The lowest BCUT2D eigenvalue weighted by Gasteiger charge is -2.31. The summed E-state index contributed by atoms with van der Waals surface area (Å²) in [5.74, 6) is 1.43. The Morgan fingerprint density at radius 3 is 2.61 bits per heavy atom. The van der Waals surface area contributed by atoms with Gasteiger partial charge in [-0.3, -0.25) is 4.79 Å². The zero-order chi connectivity index (χ0) is 12.8. The van der Waals surface area contributed by atoms with Crippen LogP contribution in [-0.2, 0) is 4.79 Å². The second kappa shape index (κ2) is 7.13. The highest BCUT2D eigenvalue weighted by Crippen LogP contribution is 2.25. The summed E-state index contributed by atoms with van der Waals surface area (Å²) in [6.45, 7) is 6.05. The van der Waals surface area contributed by atoms with Crippen LogP contribution in [-0.4, -0.2) is 37.0 Å². The molecule has 18 heavy (non-hydrogen) atoms. The maximum atomic E-state index is 12.5. The van der Waals surface area contributed by atoms with Crippen molar-refractivity contribution in [3.05, 3.63) is 0 Å². The summed E-state index contributed by atoms with van der Waals surface area (Å²) >= 11 is 0. The van der Waals surface area contributed by atoms with Crippen LogP contribution >= 0.6 is 0 Å². The molecule has 1 aliphatic carbocycles. The van der Waals surface area contributed by atoms with Crippen molar-refractivity contribution < 1.29 is 4.79 Å². The molecule has 3 nitrogen and oxygen atoms in total. The van der Waals surface area contributed by atoms with Gasteiger partial charge in [-0.25, -0.2) is 0 Å². The maximum Gasteiger partial charge on any atom is 0.227 e. The summed E-state index contributed by atoms with van der Waals surface area (Å²) in [7, 11) is 0. The summed E-state index contributed by atoms with van der Waals surface area (Å²) in [4.78, 5) is 14.7. The molecule has 2 aliphatic rings. The molecule has 0 bridgehead atoms. The zero-order valence-electron chi connectivity index (χ0n) is 11.8. The Labute approximate surface area is 111 Å².